The topological polar surface area (TPSA) is 53.0 Å². The number of aliphatic hydroxyl groups is 1. The highest BCUT2D eigenvalue weighted by molar-refractivity contribution is 5.68. The molecule has 22 heavy (non-hydrogen) atoms. The third-order valence-electron chi connectivity index (χ3n) is 4.87. The average Bonchev–Trinajstić information content (AvgIpc) is 2.45. The van der Waals surface area contributed by atoms with Gasteiger partial charge in [0.25, 0.3) is 0 Å². The third-order valence-corrected chi connectivity index (χ3v) is 4.87. The number of ether oxygens (including phenoxy) is 1. The van der Waals surface area contributed by atoms with Crippen LogP contribution in [-0.4, -0.2) is 64.9 Å². The summed E-state index contributed by atoms with van der Waals surface area (Å²) >= 11 is 0. The minimum absolute atomic E-state index is 0.192. The van der Waals surface area contributed by atoms with E-state index in [1.54, 1.807) is 0 Å². The van der Waals surface area contributed by atoms with Gasteiger partial charge in [0.1, 0.15) is 5.60 Å². The fourth-order valence-electron chi connectivity index (χ4n) is 3.67. The van der Waals surface area contributed by atoms with E-state index in [2.05, 4.69) is 11.8 Å². The largest absolute Gasteiger partial charge is 0.444 e. The van der Waals surface area contributed by atoms with Crippen molar-refractivity contribution in [2.75, 3.05) is 26.2 Å². The van der Waals surface area contributed by atoms with Crippen molar-refractivity contribution >= 4 is 6.09 Å². The zero-order valence-electron chi connectivity index (χ0n) is 14.5. The molecule has 0 spiro atoms. The maximum absolute atomic E-state index is 12.2. The Bertz CT molecular complexity index is 373. The Morgan fingerprint density at radius 3 is 2.32 bits per heavy atom. The Labute approximate surface area is 134 Å². The molecule has 2 fully saturated rings. The molecule has 2 rings (SSSR count). The number of hydrogen-bond donors (Lipinski definition) is 1. The highest BCUT2D eigenvalue weighted by Gasteiger charge is 2.34. The normalized spacial score (nSPS) is 31.1. The Morgan fingerprint density at radius 1 is 1.18 bits per heavy atom. The molecule has 2 aliphatic rings. The predicted octanol–water partition coefficient (Wildman–Crippen LogP) is 2.48. The van der Waals surface area contributed by atoms with Gasteiger partial charge in [-0.25, -0.2) is 4.79 Å². The standard InChI is InChI=1S/C17H32N2O3/c1-13-11-18(16(21)22-17(2,3)4)9-10-19(13)15-7-5-14(12-20)6-8-15/h13-15,20H,5-12H2,1-4H3/t13-,14?,15?/m0/s1. The van der Waals surface area contributed by atoms with Crippen LogP contribution in [0.1, 0.15) is 53.4 Å². The Balaban J connectivity index is 1.84. The summed E-state index contributed by atoms with van der Waals surface area (Å²) in [6, 6.07) is 0.982. The number of hydrogen-bond acceptors (Lipinski definition) is 4. The minimum atomic E-state index is -0.430. The van der Waals surface area contributed by atoms with Gasteiger partial charge in [-0.2, -0.15) is 0 Å². The minimum Gasteiger partial charge on any atom is -0.444 e. The number of carbonyl (C=O) groups is 1. The monoisotopic (exact) mass is 312 g/mol. The molecule has 1 saturated heterocycles. The first-order valence-corrected chi connectivity index (χ1v) is 8.64. The second kappa shape index (κ2) is 7.18. The summed E-state index contributed by atoms with van der Waals surface area (Å²) in [7, 11) is 0. The number of carbonyl (C=O) groups excluding carboxylic acids is 1. The van der Waals surface area contributed by atoms with Crippen molar-refractivity contribution in [3.8, 4) is 0 Å². The number of piperazine rings is 1. The molecule has 1 aliphatic heterocycles. The molecule has 0 radical (unpaired) electrons. The summed E-state index contributed by atoms with van der Waals surface area (Å²) in [5.74, 6) is 0.495. The molecule has 1 aliphatic carbocycles. The van der Waals surface area contributed by atoms with Crippen molar-refractivity contribution < 1.29 is 14.6 Å². The van der Waals surface area contributed by atoms with E-state index >= 15 is 0 Å². The molecule has 1 atom stereocenters. The fraction of sp³-hybridized carbons (Fsp3) is 0.941. The summed E-state index contributed by atoms with van der Waals surface area (Å²) < 4.78 is 5.48. The van der Waals surface area contributed by atoms with Crippen molar-refractivity contribution in [3.05, 3.63) is 0 Å². The number of aliphatic hydroxyl groups excluding tert-OH is 1. The Morgan fingerprint density at radius 2 is 1.82 bits per heavy atom. The van der Waals surface area contributed by atoms with Gasteiger partial charge in [0.15, 0.2) is 0 Å². The lowest BCUT2D eigenvalue weighted by Crippen LogP contribution is -2.57. The van der Waals surface area contributed by atoms with E-state index in [0.717, 1.165) is 32.5 Å². The van der Waals surface area contributed by atoms with Gasteiger partial charge in [0.2, 0.25) is 0 Å². The summed E-state index contributed by atoms with van der Waals surface area (Å²) in [5.41, 5.74) is -0.430. The van der Waals surface area contributed by atoms with E-state index in [1.165, 1.54) is 12.8 Å². The first-order valence-electron chi connectivity index (χ1n) is 8.64. The molecular weight excluding hydrogens is 280 g/mol. The highest BCUT2D eigenvalue weighted by atomic mass is 16.6. The van der Waals surface area contributed by atoms with Crippen LogP contribution >= 0.6 is 0 Å². The maximum atomic E-state index is 12.2. The molecule has 0 aromatic carbocycles. The van der Waals surface area contributed by atoms with E-state index in [1.807, 2.05) is 25.7 Å². The second-order valence-corrected chi connectivity index (χ2v) is 7.87. The number of rotatable bonds is 2. The van der Waals surface area contributed by atoms with E-state index in [4.69, 9.17) is 4.74 Å². The van der Waals surface area contributed by atoms with Gasteiger partial charge in [0.05, 0.1) is 0 Å². The van der Waals surface area contributed by atoms with Crippen LogP contribution in [0, 0.1) is 5.92 Å². The van der Waals surface area contributed by atoms with Crippen LogP contribution in [0.15, 0.2) is 0 Å². The highest BCUT2D eigenvalue weighted by Crippen LogP contribution is 2.29. The molecule has 0 unspecified atom stereocenters. The van der Waals surface area contributed by atoms with Crippen molar-refractivity contribution in [3.63, 3.8) is 0 Å². The van der Waals surface area contributed by atoms with Crippen LogP contribution in [0.4, 0.5) is 4.79 Å². The van der Waals surface area contributed by atoms with Crippen LogP contribution in [0.2, 0.25) is 0 Å². The van der Waals surface area contributed by atoms with Gasteiger partial charge in [-0.05, 0) is 59.3 Å². The predicted molar refractivity (Wildman–Crippen MR) is 86.8 cm³/mol. The van der Waals surface area contributed by atoms with Crippen LogP contribution < -0.4 is 0 Å². The molecule has 1 saturated carbocycles. The van der Waals surface area contributed by atoms with Gasteiger partial charge in [-0.15, -0.1) is 0 Å². The van der Waals surface area contributed by atoms with E-state index in [-0.39, 0.29) is 6.09 Å². The number of amides is 1. The summed E-state index contributed by atoms with van der Waals surface area (Å²) in [5, 5.41) is 9.26. The van der Waals surface area contributed by atoms with Gasteiger partial charge in [-0.3, -0.25) is 4.90 Å². The van der Waals surface area contributed by atoms with Crippen LogP contribution in [0.5, 0.6) is 0 Å². The fourth-order valence-corrected chi connectivity index (χ4v) is 3.67. The van der Waals surface area contributed by atoms with Gasteiger partial charge in [0, 0.05) is 38.3 Å². The molecule has 0 aromatic heterocycles. The van der Waals surface area contributed by atoms with Crippen molar-refractivity contribution in [2.24, 2.45) is 5.92 Å². The zero-order chi connectivity index (χ0) is 16.3. The molecule has 128 valence electrons. The van der Waals surface area contributed by atoms with Crippen LogP contribution in [0.25, 0.3) is 0 Å². The van der Waals surface area contributed by atoms with Gasteiger partial charge >= 0.3 is 6.09 Å². The van der Waals surface area contributed by atoms with Gasteiger partial charge in [-0.1, -0.05) is 0 Å². The Hall–Kier alpha value is -0.810. The van der Waals surface area contributed by atoms with E-state index < -0.39 is 5.60 Å². The van der Waals surface area contributed by atoms with Gasteiger partial charge < -0.3 is 14.7 Å². The third kappa shape index (κ3) is 4.59. The lowest BCUT2D eigenvalue weighted by Gasteiger charge is -2.45. The molecule has 1 heterocycles. The maximum Gasteiger partial charge on any atom is 0.410 e. The van der Waals surface area contributed by atoms with Crippen LogP contribution in [-0.2, 0) is 4.74 Å². The molecular formula is C17H32N2O3. The summed E-state index contributed by atoms with van der Waals surface area (Å²) in [6.07, 6.45) is 4.40. The van der Waals surface area contributed by atoms with Crippen molar-refractivity contribution in [2.45, 2.75) is 71.1 Å². The summed E-state index contributed by atoms with van der Waals surface area (Å²) in [6.45, 7) is 10.7. The van der Waals surface area contributed by atoms with Crippen molar-refractivity contribution in [1.29, 1.82) is 0 Å². The number of nitrogens with zero attached hydrogens (tertiary/aromatic N) is 2. The first-order chi connectivity index (χ1) is 10.3. The van der Waals surface area contributed by atoms with Crippen LogP contribution in [0.3, 0.4) is 0 Å². The molecule has 0 bridgehead atoms. The molecule has 0 aromatic rings. The smallest absolute Gasteiger partial charge is 0.410 e. The second-order valence-electron chi connectivity index (χ2n) is 7.87. The zero-order valence-corrected chi connectivity index (χ0v) is 14.5. The van der Waals surface area contributed by atoms with Crippen molar-refractivity contribution in [1.82, 2.24) is 9.80 Å². The SMILES string of the molecule is C[C@H]1CN(C(=O)OC(C)(C)C)CCN1C1CCC(CO)CC1. The lowest BCUT2D eigenvalue weighted by atomic mass is 9.85. The first kappa shape index (κ1) is 17.5. The van der Waals surface area contributed by atoms with E-state index in [9.17, 15) is 9.90 Å². The quantitative estimate of drug-likeness (QED) is 0.851. The Kier molecular flexibility index (Phi) is 5.72. The molecule has 5 nitrogen and oxygen atoms in total. The molecule has 5 heteroatoms. The summed E-state index contributed by atoms with van der Waals surface area (Å²) in [4.78, 5) is 16.6. The average molecular weight is 312 g/mol. The molecule has 1 N–H and O–H groups in total. The lowest BCUT2D eigenvalue weighted by molar-refractivity contribution is -0.00865. The molecule has 1 amide bonds. The van der Waals surface area contributed by atoms with E-state index in [0.29, 0.717) is 24.6 Å².